The van der Waals surface area contributed by atoms with E-state index in [1.165, 1.54) is 0 Å². The number of alkyl halides is 3. The first-order valence-electron chi connectivity index (χ1n) is 4.49. The van der Waals surface area contributed by atoms with E-state index in [0.29, 0.717) is 0 Å². The van der Waals surface area contributed by atoms with E-state index in [2.05, 4.69) is 4.74 Å². The van der Waals surface area contributed by atoms with E-state index in [1.54, 1.807) is 0 Å². The van der Waals surface area contributed by atoms with Gasteiger partial charge in [-0.15, -0.1) is 0 Å². The summed E-state index contributed by atoms with van der Waals surface area (Å²) < 4.78 is 41.1. The summed E-state index contributed by atoms with van der Waals surface area (Å²) in [5.74, 6) is -0.169. The minimum atomic E-state index is -4.50. The maximum atomic E-state index is 12.2. The molecule has 1 unspecified atom stereocenters. The Morgan fingerprint density at radius 2 is 2.06 bits per heavy atom. The van der Waals surface area contributed by atoms with Gasteiger partial charge in [0, 0.05) is 12.1 Å². The molecular weight excluding hydrogens is 241 g/mol. The first-order chi connectivity index (χ1) is 7.71. The number of ether oxygens (including phenoxy) is 1. The van der Waals surface area contributed by atoms with Gasteiger partial charge in [-0.25, -0.2) is 0 Å². The highest BCUT2D eigenvalue weighted by atomic mass is 19.4. The van der Waals surface area contributed by atoms with E-state index in [-0.39, 0.29) is 17.1 Å². The predicted octanol–water partition coefficient (Wildman–Crippen LogP) is 2.51. The van der Waals surface area contributed by atoms with Gasteiger partial charge in [-0.2, -0.15) is 13.2 Å². The van der Waals surface area contributed by atoms with Crippen LogP contribution in [-0.4, -0.2) is 17.2 Å². The lowest BCUT2D eigenvalue weighted by Gasteiger charge is -2.17. The highest BCUT2D eigenvalue weighted by molar-refractivity contribution is 5.60. The summed E-state index contributed by atoms with van der Waals surface area (Å²) in [6.45, 7) is 0.831. The molecular formula is C9H9F3N2O3. The van der Waals surface area contributed by atoms with Crippen LogP contribution in [0.25, 0.3) is 0 Å². The third-order valence-corrected chi connectivity index (χ3v) is 1.97. The van der Waals surface area contributed by atoms with E-state index >= 15 is 0 Å². The van der Waals surface area contributed by atoms with Crippen LogP contribution in [0.3, 0.4) is 0 Å². The summed E-state index contributed by atoms with van der Waals surface area (Å²) in [5.41, 5.74) is 4.68. The fourth-order valence-electron chi connectivity index (χ4n) is 1.04. The Morgan fingerprint density at radius 1 is 1.47 bits per heavy atom. The third-order valence-electron chi connectivity index (χ3n) is 1.97. The molecule has 0 saturated heterocycles. The fourth-order valence-corrected chi connectivity index (χ4v) is 1.04. The minimum absolute atomic E-state index is 0.169. The fraction of sp³-hybridized carbons (Fsp3) is 0.333. The van der Waals surface area contributed by atoms with Crippen molar-refractivity contribution in [1.82, 2.24) is 0 Å². The molecule has 0 aliphatic rings. The Kier molecular flexibility index (Phi) is 3.45. The summed E-state index contributed by atoms with van der Waals surface area (Å²) in [6.07, 6.45) is -6.51. The van der Waals surface area contributed by atoms with Gasteiger partial charge in [0.1, 0.15) is 11.4 Å². The number of nitrogen functional groups attached to an aromatic ring is 1. The number of hydrogen-bond donors (Lipinski definition) is 1. The summed E-state index contributed by atoms with van der Waals surface area (Å²) in [7, 11) is 0. The predicted molar refractivity (Wildman–Crippen MR) is 53.7 cm³/mol. The monoisotopic (exact) mass is 250 g/mol. The van der Waals surface area contributed by atoms with Crippen molar-refractivity contribution >= 4 is 11.4 Å². The number of rotatable bonds is 3. The molecule has 0 bridgehead atoms. The molecule has 0 aliphatic carbocycles. The molecule has 1 aromatic carbocycles. The maximum absolute atomic E-state index is 12.2. The summed E-state index contributed by atoms with van der Waals surface area (Å²) in [5, 5.41) is 10.4. The van der Waals surface area contributed by atoms with Crippen molar-refractivity contribution in [2.45, 2.75) is 19.2 Å². The molecule has 0 amide bonds. The molecule has 0 fully saturated rings. The maximum Gasteiger partial charge on any atom is 0.425 e. The molecule has 94 valence electrons. The molecule has 8 heteroatoms. The molecule has 17 heavy (non-hydrogen) atoms. The van der Waals surface area contributed by atoms with Gasteiger partial charge in [-0.1, -0.05) is 0 Å². The van der Waals surface area contributed by atoms with Crippen LogP contribution in [0.1, 0.15) is 6.92 Å². The van der Waals surface area contributed by atoms with Crippen molar-refractivity contribution in [2.75, 3.05) is 5.73 Å². The van der Waals surface area contributed by atoms with Crippen LogP contribution in [-0.2, 0) is 0 Å². The highest BCUT2D eigenvalue weighted by Gasteiger charge is 2.38. The van der Waals surface area contributed by atoms with E-state index < -0.39 is 17.2 Å². The average molecular weight is 250 g/mol. The Bertz CT molecular complexity index is 434. The minimum Gasteiger partial charge on any atom is -0.481 e. The molecule has 1 aromatic rings. The summed E-state index contributed by atoms with van der Waals surface area (Å²) >= 11 is 0. The second-order valence-corrected chi connectivity index (χ2v) is 3.28. The van der Waals surface area contributed by atoms with Crippen LogP contribution < -0.4 is 10.5 Å². The molecule has 0 radical (unpaired) electrons. The topological polar surface area (TPSA) is 78.4 Å². The number of anilines is 1. The number of hydrogen-bond acceptors (Lipinski definition) is 4. The van der Waals surface area contributed by atoms with Crippen molar-refractivity contribution in [3.05, 3.63) is 28.3 Å². The molecule has 5 nitrogen and oxygen atoms in total. The van der Waals surface area contributed by atoms with Gasteiger partial charge in [-0.05, 0) is 13.0 Å². The van der Waals surface area contributed by atoms with Crippen molar-refractivity contribution in [1.29, 1.82) is 0 Å². The molecule has 0 aliphatic heterocycles. The van der Waals surface area contributed by atoms with Crippen molar-refractivity contribution in [3.63, 3.8) is 0 Å². The van der Waals surface area contributed by atoms with Gasteiger partial charge in [0.15, 0.2) is 6.10 Å². The number of nitrogens with zero attached hydrogens (tertiary/aromatic N) is 1. The molecule has 2 N–H and O–H groups in total. The first-order valence-corrected chi connectivity index (χ1v) is 4.49. The zero-order valence-corrected chi connectivity index (χ0v) is 8.69. The summed E-state index contributed by atoms with van der Waals surface area (Å²) in [4.78, 5) is 9.69. The lowest BCUT2D eigenvalue weighted by atomic mass is 10.2. The second-order valence-electron chi connectivity index (χ2n) is 3.28. The van der Waals surface area contributed by atoms with Crippen LogP contribution in [0.5, 0.6) is 5.75 Å². The second kappa shape index (κ2) is 4.48. The number of nitro groups is 1. The number of halogens is 3. The van der Waals surface area contributed by atoms with Crippen LogP contribution in [0.15, 0.2) is 18.2 Å². The Morgan fingerprint density at radius 3 is 2.47 bits per heavy atom. The SMILES string of the molecule is CC(Oc1ccc([N+](=O)[O-])c(N)c1)C(F)(F)F. The smallest absolute Gasteiger partial charge is 0.425 e. The lowest BCUT2D eigenvalue weighted by Crippen LogP contribution is -2.31. The van der Waals surface area contributed by atoms with E-state index in [0.717, 1.165) is 25.1 Å². The first kappa shape index (κ1) is 13.1. The molecule has 0 saturated carbocycles. The van der Waals surface area contributed by atoms with Crippen molar-refractivity contribution in [3.8, 4) is 5.75 Å². The van der Waals surface area contributed by atoms with E-state index in [1.807, 2.05) is 0 Å². The quantitative estimate of drug-likeness (QED) is 0.508. The lowest BCUT2D eigenvalue weighted by molar-refractivity contribution is -0.383. The number of benzene rings is 1. The molecule has 0 aromatic heterocycles. The van der Waals surface area contributed by atoms with Gasteiger partial charge in [0.25, 0.3) is 5.69 Å². The van der Waals surface area contributed by atoms with E-state index in [9.17, 15) is 23.3 Å². The average Bonchev–Trinajstić information content (AvgIpc) is 2.15. The van der Waals surface area contributed by atoms with Gasteiger partial charge >= 0.3 is 6.18 Å². The van der Waals surface area contributed by atoms with E-state index in [4.69, 9.17) is 5.73 Å². The zero-order chi connectivity index (χ0) is 13.2. The third kappa shape index (κ3) is 3.23. The van der Waals surface area contributed by atoms with Crippen molar-refractivity contribution < 1.29 is 22.8 Å². The zero-order valence-electron chi connectivity index (χ0n) is 8.69. The highest BCUT2D eigenvalue weighted by Crippen LogP contribution is 2.29. The normalized spacial score (nSPS) is 13.2. The molecule has 0 spiro atoms. The standard InChI is InChI=1S/C9H9F3N2O3/c1-5(9(10,11)12)17-6-2-3-8(14(15)16)7(13)4-6/h2-5H,13H2,1H3. The largest absolute Gasteiger partial charge is 0.481 e. The van der Waals surface area contributed by atoms with Crippen LogP contribution >= 0.6 is 0 Å². The number of nitro benzene ring substituents is 1. The Hall–Kier alpha value is -1.99. The van der Waals surface area contributed by atoms with Crippen molar-refractivity contribution in [2.24, 2.45) is 0 Å². The van der Waals surface area contributed by atoms with Gasteiger partial charge < -0.3 is 10.5 Å². The molecule has 1 atom stereocenters. The van der Waals surface area contributed by atoms with Gasteiger partial charge in [-0.3, -0.25) is 10.1 Å². The van der Waals surface area contributed by atoms with Crippen LogP contribution in [0, 0.1) is 10.1 Å². The van der Waals surface area contributed by atoms with Crippen LogP contribution in [0.2, 0.25) is 0 Å². The van der Waals surface area contributed by atoms with Gasteiger partial charge in [0.2, 0.25) is 0 Å². The Balaban J connectivity index is 2.88. The molecule has 0 heterocycles. The summed E-state index contributed by atoms with van der Waals surface area (Å²) in [6, 6.07) is 3.05. The molecule has 1 rings (SSSR count). The van der Waals surface area contributed by atoms with Crippen LogP contribution in [0.4, 0.5) is 24.5 Å². The Labute approximate surface area is 94.1 Å². The van der Waals surface area contributed by atoms with Gasteiger partial charge in [0.05, 0.1) is 4.92 Å². The number of nitrogens with two attached hydrogens (primary N) is 1.